The third-order valence-corrected chi connectivity index (χ3v) is 6.35. The van der Waals surface area contributed by atoms with E-state index in [9.17, 15) is 5.11 Å². The van der Waals surface area contributed by atoms with Gasteiger partial charge in [0.2, 0.25) is 0 Å². The average molecular weight is 427 g/mol. The molecule has 0 aliphatic heterocycles. The normalized spacial score (nSPS) is 13.8. The Bertz CT molecular complexity index is 819. The van der Waals surface area contributed by atoms with Crippen molar-refractivity contribution in [3.63, 3.8) is 0 Å². The fourth-order valence-electron chi connectivity index (χ4n) is 3.92. The van der Waals surface area contributed by atoms with Crippen LogP contribution in [0.4, 0.5) is 0 Å². The van der Waals surface area contributed by atoms with Gasteiger partial charge in [-0.05, 0) is 91.2 Å². The number of hydrogen-bond donors (Lipinski definition) is 2. The minimum Gasteiger partial charge on any atom is -0.491 e. The summed E-state index contributed by atoms with van der Waals surface area (Å²) in [5.74, 6) is 1.37. The lowest BCUT2D eigenvalue weighted by Gasteiger charge is -2.26. The number of benzene rings is 2. The topological polar surface area (TPSA) is 49.7 Å². The molecule has 31 heavy (non-hydrogen) atoms. The van der Waals surface area contributed by atoms with E-state index in [1.54, 1.807) is 0 Å². The summed E-state index contributed by atoms with van der Waals surface area (Å²) < 4.78 is 5.91. The molecule has 0 fully saturated rings. The molecule has 2 rings (SSSR count). The number of aliphatic hydroxyl groups is 2. The SMILES string of the molecule is CCC(CCc1ccc(CCCO)c(C)c1)c1ccc(OCC(O)C(C)(C)C)c(C)c1. The van der Waals surface area contributed by atoms with Crippen molar-refractivity contribution in [2.24, 2.45) is 5.41 Å². The maximum Gasteiger partial charge on any atom is 0.122 e. The van der Waals surface area contributed by atoms with Crippen molar-refractivity contribution >= 4 is 0 Å². The molecule has 2 aromatic rings. The van der Waals surface area contributed by atoms with Gasteiger partial charge >= 0.3 is 0 Å². The second-order valence-electron chi connectivity index (χ2n) is 9.95. The number of aliphatic hydroxyl groups excluding tert-OH is 2. The van der Waals surface area contributed by atoms with E-state index in [1.165, 1.54) is 22.3 Å². The molecule has 0 spiro atoms. The van der Waals surface area contributed by atoms with Crippen molar-refractivity contribution < 1.29 is 14.9 Å². The van der Waals surface area contributed by atoms with E-state index in [2.05, 4.69) is 57.2 Å². The average Bonchev–Trinajstić information content (AvgIpc) is 2.72. The van der Waals surface area contributed by atoms with Crippen LogP contribution in [0, 0.1) is 19.3 Å². The Morgan fingerprint density at radius 1 is 0.968 bits per heavy atom. The van der Waals surface area contributed by atoms with Crippen LogP contribution in [-0.2, 0) is 12.8 Å². The zero-order valence-electron chi connectivity index (χ0n) is 20.4. The Hall–Kier alpha value is -1.84. The smallest absolute Gasteiger partial charge is 0.122 e. The molecular formula is C28H42O3. The first kappa shape index (κ1) is 25.4. The molecule has 2 aromatic carbocycles. The molecule has 0 aliphatic rings. The van der Waals surface area contributed by atoms with Crippen LogP contribution in [0.1, 0.15) is 80.7 Å². The van der Waals surface area contributed by atoms with Crippen molar-refractivity contribution in [3.8, 4) is 5.75 Å². The van der Waals surface area contributed by atoms with Crippen LogP contribution in [0.5, 0.6) is 5.75 Å². The summed E-state index contributed by atoms with van der Waals surface area (Å²) >= 11 is 0. The van der Waals surface area contributed by atoms with Crippen LogP contribution in [0.15, 0.2) is 36.4 Å². The second kappa shape index (κ2) is 11.7. The Morgan fingerprint density at radius 3 is 2.29 bits per heavy atom. The van der Waals surface area contributed by atoms with Gasteiger partial charge in [0, 0.05) is 6.61 Å². The van der Waals surface area contributed by atoms with Crippen LogP contribution in [0.3, 0.4) is 0 Å². The Kier molecular flexibility index (Phi) is 9.58. The fraction of sp³-hybridized carbons (Fsp3) is 0.571. The van der Waals surface area contributed by atoms with E-state index in [0.29, 0.717) is 12.5 Å². The number of ether oxygens (including phenoxy) is 1. The second-order valence-corrected chi connectivity index (χ2v) is 9.95. The highest BCUT2D eigenvalue weighted by molar-refractivity contribution is 5.38. The lowest BCUT2D eigenvalue weighted by Crippen LogP contribution is -2.32. The van der Waals surface area contributed by atoms with Gasteiger partial charge in [-0.1, -0.05) is 58.0 Å². The van der Waals surface area contributed by atoms with Gasteiger partial charge < -0.3 is 14.9 Å². The lowest BCUT2D eigenvalue weighted by atomic mass is 9.88. The third-order valence-electron chi connectivity index (χ3n) is 6.35. The van der Waals surface area contributed by atoms with Gasteiger partial charge in [0.15, 0.2) is 0 Å². The highest BCUT2D eigenvalue weighted by Crippen LogP contribution is 2.30. The summed E-state index contributed by atoms with van der Waals surface area (Å²) in [4.78, 5) is 0. The molecule has 0 aromatic heterocycles. The van der Waals surface area contributed by atoms with Crippen LogP contribution in [-0.4, -0.2) is 29.5 Å². The monoisotopic (exact) mass is 426 g/mol. The summed E-state index contributed by atoms with van der Waals surface area (Å²) in [5.41, 5.74) is 6.36. The van der Waals surface area contributed by atoms with Gasteiger partial charge in [-0.2, -0.15) is 0 Å². The first-order valence-corrected chi connectivity index (χ1v) is 11.8. The lowest BCUT2D eigenvalue weighted by molar-refractivity contribution is 0.0216. The zero-order valence-corrected chi connectivity index (χ0v) is 20.4. The molecule has 0 bridgehead atoms. The molecule has 172 valence electrons. The molecule has 3 nitrogen and oxygen atoms in total. The molecular weight excluding hydrogens is 384 g/mol. The Labute approximate surface area is 189 Å². The summed E-state index contributed by atoms with van der Waals surface area (Å²) in [6, 6.07) is 13.3. The van der Waals surface area contributed by atoms with Crippen LogP contribution in [0.25, 0.3) is 0 Å². The van der Waals surface area contributed by atoms with Crippen molar-refractivity contribution in [2.45, 2.75) is 85.7 Å². The van der Waals surface area contributed by atoms with E-state index in [4.69, 9.17) is 9.84 Å². The van der Waals surface area contributed by atoms with Gasteiger partial charge in [-0.25, -0.2) is 0 Å². The van der Waals surface area contributed by atoms with Gasteiger partial charge in [0.05, 0.1) is 6.10 Å². The Balaban J connectivity index is 1.99. The quantitative estimate of drug-likeness (QED) is 0.454. The standard InChI is InChI=1S/C28H42O3/c1-7-23(12-10-22-11-13-24(9-8-16-29)20(2)17-22)25-14-15-26(21(3)18-25)31-19-27(30)28(4,5)6/h11,13-15,17-18,23,27,29-30H,7-10,12,16,19H2,1-6H3. The minimum atomic E-state index is -0.492. The molecule has 0 saturated carbocycles. The molecule has 0 saturated heterocycles. The Morgan fingerprint density at radius 2 is 1.71 bits per heavy atom. The third kappa shape index (κ3) is 7.66. The first-order chi connectivity index (χ1) is 14.7. The van der Waals surface area contributed by atoms with Crippen LogP contribution < -0.4 is 4.74 Å². The predicted molar refractivity (Wildman–Crippen MR) is 130 cm³/mol. The fourth-order valence-corrected chi connectivity index (χ4v) is 3.92. The summed E-state index contributed by atoms with van der Waals surface area (Å²) in [6.45, 7) is 13.1. The molecule has 0 aliphatic carbocycles. The number of rotatable bonds is 11. The summed E-state index contributed by atoms with van der Waals surface area (Å²) in [7, 11) is 0. The summed E-state index contributed by atoms with van der Waals surface area (Å²) in [6.07, 6.45) is 4.57. The van der Waals surface area contributed by atoms with Gasteiger partial charge in [-0.15, -0.1) is 0 Å². The van der Waals surface area contributed by atoms with Crippen molar-refractivity contribution in [3.05, 3.63) is 64.2 Å². The molecule has 2 N–H and O–H groups in total. The van der Waals surface area contributed by atoms with Gasteiger partial charge in [0.25, 0.3) is 0 Å². The zero-order chi connectivity index (χ0) is 23.0. The van der Waals surface area contributed by atoms with E-state index in [-0.39, 0.29) is 12.0 Å². The maximum atomic E-state index is 10.2. The van der Waals surface area contributed by atoms with Crippen LogP contribution >= 0.6 is 0 Å². The van der Waals surface area contributed by atoms with Crippen LogP contribution in [0.2, 0.25) is 0 Å². The van der Waals surface area contributed by atoms with E-state index < -0.39 is 6.10 Å². The van der Waals surface area contributed by atoms with Crippen molar-refractivity contribution in [1.29, 1.82) is 0 Å². The molecule has 2 atom stereocenters. The molecule has 3 heteroatoms. The maximum absolute atomic E-state index is 10.2. The molecule has 0 heterocycles. The molecule has 2 unspecified atom stereocenters. The molecule has 0 amide bonds. The van der Waals surface area contributed by atoms with E-state index in [1.807, 2.05) is 20.8 Å². The van der Waals surface area contributed by atoms with Gasteiger partial charge in [-0.3, -0.25) is 0 Å². The minimum absolute atomic E-state index is 0.184. The van der Waals surface area contributed by atoms with Crippen molar-refractivity contribution in [1.82, 2.24) is 0 Å². The first-order valence-electron chi connectivity index (χ1n) is 11.8. The number of hydrogen-bond acceptors (Lipinski definition) is 3. The summed E-state index contributed by atoms with van der Waals surface area (Å²) in [5, 5.41) is 19.3. The highest BCUT2D eigenvalue weighted by Gasteiger charge is 2.23. The van der Waals surface area contributed by atoms with Crippen molar-refractivity contribution in [2.75, 3.05) is 13.2 Å². The predicted octanol–water partition coefficient (Wildman–Crippen LogP) is 6.14. The van der Waals surface area contributed by atoms with Gasteiger partial charge in [0.1, 0.15) is 12.4 Å². The van der Waals surface area contributed by atoms with E-state index in [0.717, 1.165) is 43.4 Å². The highest BCUT2D eigenvalue weighted by atomic mass is 16.5. The van der Waals surface area contributed by atoms with E-state index >= 15 is 0 Å². The molecule has 0 radical (unpaired) electrons. The largest absolute Gasteiger partial charge is 0.491 e. The number of aryl methyl sites for hydroxylation is 4.